The van der Waals surface area contributed by atoms with Crippen LogP contribution in [0.4, 0.5) is 0 Å². The number of H-pyrrole nitrogens is 1. The van der Waals surface area contributed by atoms with Crippen molar-refractivity contribution in [3.63, 3.8) is 0 Å². The summed E-state index contributed by atoms with van der Waals surface area (Å²) in [6.45, 7) is 6.03. The number of halogens is 1. The molecule has 0 aliphatic rings. The van der Waals surface area contributed by atoms with Crippen LogP contribution in [0, 0.1) is 25.5 Å². The smallest absolute Gasteiger partial charge is 0.216 e. The largest absolute Gasteiger partial charge is 0.486 e. The van der Waals surface area contributed by atoms with E-state index in [9.17, 15) is 0 Å². The molecular weight excluding hydrogens is 360 g/mol. The molecule has 3 rings (SSSR count). The highest BCUT2D eigenvalue weighted by Gasteiger charge is 2.06. The third-order valence-electron chi connectivity index (χ3n) is 3.59. The molecule has 2 heterocycles. The standard InChI is InChI=1S/C17H17ClN4O2S/c1-10-6-15(7-11(2)16(10)18)23-9-14-5-4-13(24-14)8-19-22-12(3)20-21-17(22)25/h4-8H,9H2,1-3H3,(H,21,25)/b19-8+. The predicted molar refractivity (Wildman–Crippen MR) is 99.1 cm³/mol. The second-order valence-electron chi connectivity index (χ2n) is 5.60. The Hall–Kier alpha value is -2.38. The van der Waals surface area contributed by atoms with E-state index in [0.717, 1.165) is 21.9 Å². The van der Waals surface area contributed by atoms with Gasteiger partial charge in [0, 0.05) is 5.02 Å². The zero-order chi connectivity index (χ0) is 18.0. The van der Waals surface area contributed by atoms with Crippen molar-refractivity contribution in [2.45, 2.75) is 27.4 Å². The van der Waals surface area contributed by atoms with Crippen LogP contribution in [-0.2, 0) is 6.61 Å². The molecule has 0 fully saturated rings. The molecule has 130 valence electrons. The van der Waals surface area contributed by atoms with Crippen LogP contribution in [0.2, 0.25) is 5.02 Å². The van der Waals surface area contributed by atoms with Crippen molar-refractivity contribution in [3.8, 4) is 5.75 Å². The average Bonchev–Trinajstić information content (AvgIpc) is 3.15. The average molecular weight is 377 g/mol. The normalized spacial score (nSPS) is 11.4. The molecule has 25 heavy (non-hydrogen) atoms. The molecule has 0 saturated carbocycles. The first-order chi connectivity index (χ1) is 11.9. The van der Waals surface area contributed by atoms with Crippen LogP contribution in [-0.4, -0.2) is 21.1 Å². The highest BCUT2D eigenvalue weighted by atomic mass is 35.5. The van der Waals surface area contributed by atoms with Gasteiger partial charge in [-0.1, -0.05) is 11.6 Å². The fraction of sp³-hybridized carbons (Fsp3) is 0.235. The van der Waals surface area contributed by atoms with E-state index in [2.05, 4.69) is 15.3 Å². The van der Waals surface area contributed by atoms with E-state index < -0.39 is 0 Å². The van der Waals surface area contributed by atoms with Crippen molar-refractivity contribution >= 4 is 30.0 Å². The summed E-state index contributed by atoms with van der Waals surface area (Å²) in [5.41, 5.74) is 1.97. The fourth-order valence-electron chi connectivity index (χ4n) is 2.31. The Morgan fingerprint density at radius 1 is 1.32 bits per heavy atom. The topological polar surface area (TPSA) is 68.3 Å². The van der Waals surface area contributed by atoms with E-state index in [4.69, 9.17) is 33.0 Å². The highest BCUT2D eigenvalue weighted by molar-refractivity contribution is 7.71. The number of aromatic nitrogens is 3. The van der Waals surface area contributed by atoms with E-state index in [1.165, 1.54) is 4.68 Å². The molecule has 8 heteroatoms. The van der Waals surface area contributed by atoms with Gasteiger partial charge < -0.3 is 9.15 Å². The van der Waals surface area contributed by atoms with E-state index in [0.29, 0.717) is 28.7 Å². The van der Waals surface area contributed by atoms with Gasteiger partial charge in [0.2, 0.25) is 4.77 Å². The lowest BCUT2D eigenvalue weighted by Gasteiger charge is -2.08. The van der Waals surface area contributed by atoms with Gasteiger partial charge in [0.25, 0.3) is 0 Å². The van der Waals surface area contributed by atoms with Crippen molar-refractivity contribution in [1.29, 1.82) is 0 Å². The van der Waals surface area contributed by atoms with E-state index in [1.807, 2.05) is 38.1 Å². The molecule has 0 spiro atoms. The first-order valence-electron chi connectivity index (χ1n) is 7.60. The van der Waals surface area contributed by atoms with Gasteiger partial charge in [-0.3, -0.25) is 5.10 Å². The lowest BCUT2D eigenvalue weighted by atomic mass is 10.1. The zero-order valence-corrected chi connectivity index (χ0v) is 15.6. The Bertz CT molecular complexity index is 964. The number of hydrogen-bond donors (Lipinski definition) is 1. The van der Waals surface area contributed by atoms with Gasteiger partial charge in [0.1, 0.15) is 29.7 Å². The van der Waals surface area contributed by atoms with Gasteiger partial charge in [-0.25, -0.2) is 0 Å². The first kappa shape index (κ1) is 17.4. The summed E-state index contributed by atoms with van der Waals surface area (Å²) < 4.78 is 13.4. The number of rotatable bonds is 5. The molecule has 0 radical (unpaired) electrons. The lowest BCUT2D eigenvalue weighted by molar-refractivity contribution is 0.269. The van der Waals surface area contributed by atoms with Gasteiger partial charge >= 0.3 is 0 Å². The highest BCUT2D eigenvalue weighted by Crippen LogP contribution is 2.26. The van der Waals surface area contributed by atoms with Crippen molar-refractivity contribution < 1.29 is 9.15 Å². The van der Waals surface area contributed by atoms with Crippen molar-refractivity contribution in [2.75, 3.05) is 0 Å². The molecule has 1 aromatic carbocycles. The maximum absolute atomic E-state index is 6.16. The number of furan rings is 1. The summed E-state index contributed by atoms with van der Waals surface area (Å²) in [7, 11) is 0. The molecule has 0 amide bonds. The first-order valence-corrected chi connectivity index (χ1v) is 8.39. The number of ether oxygens (including phenoxy) is 1. The third kappa shape index (κ3) is 4.00. The number of nitrogens with one attached hydrogen (secondary N) is 1. The minimum absolute atomic E-state index is 0.318. The van der Waals surface area contributed by atoms with Crippen LogP contribution < -0.4 is 4.74 Å². The molecular formula is C17H17ClN4O2S. The monoisotopic (exact) mass is 376 g/mol. The van der Waals surface area contributed by atoms with Crippen molar-refractivity contribution in [1.82, 2.24) is 14.9 Å². The number of benzene rings is 1. The SMILES string of the molecule is Cc1cc(OCc2ccc(/C=N/n3c(C)n[nH]c3=S)o2)cc(C)c1Cl. The van der Waals surface area contributed by atoms with Crippen LogP contribution in [0.1, 0.15) is 28.5 Å². The number of aromatic amines is 1. The van der Waals surface area contributed by atoms with Crippen LogP contribution in [0.5, 0.6) is 5.75 Å². The minimum Gasteiger partial charge on any atom is -0.486 e. The summed E-state index contributed by atoms with van der Waals surface area (Å²) in [5, 5.41) is 11.7. The quantitative estimate of drug-likeness (QED) is 0.523. The Balaban J connectivity index is 1.67. The molecule has 0 unspecified atom stereocenters. The molecule has 0 aliphatic heterocycles. The lowest BCUT2D eigenvalue weighted by Crippen LogP contribution is -1.95. The van der Waals surface area contributed by atoms with Gasteiger partial charge in [0.15, 0.2) is 0 Å². The van der Waals surface area contributed by atoms with E-state index >= 15 is 0 Å². The number of hydrogen-bond acceptors (Lipinski definition) is 5. The summed E-state index contributed by atoms with van der Waals surface area (Å²) in [6.07, 6.45) is 1.58. The molecule has 1 N–H and O–H groups in total. The second-order valence-corrected chi connectivity index (χ2v) is 6.36. The zero-order valence-electron chi connectivity index (χ0n) is 14.0. The molecule has 0 saturated heterocycles. The van der Waals surface area contributed by atoms with Gasteiger partial charge in [-0.05, 0) is 68.4 Å². The minimum atomic E-state index is 0.318. The predicted octanol–water partition coefficient (Wildman–Crippen LogP) is 4.57. The van der Waals surface area contributed by atoms with E-state index in [1.54, 1.807) is 13.1 Å². The molecule has 0 aliphatic carbocycles. The molecule has 0 atom stereocenters. The van der Waals surface area contributed by atoms with Crippen LogP contribution in [0.25, 0.3) is 0 Å². The van der Waals surface area contributed by atoms with Crippen molar-refractivity contribution in [3.05, 3.63) is 62.5 Å². The Kier molecular flexibility index (Phi) is 5.06. The summed E-state index contributed by atoms with van der Waals surface area (Å²) in [4.78, 5) is 0. The Morgan fingerprint density at radius 2 is 2.04 bits per heavy atom. The summed E-state index contributed by atoms with van der Waals surface area (Å²) in [6, 6.07) is 7.48. The number of aryl methyl sites for hydroxylation is 3. The van der Waals surface area contributed by atoms with Crippen LogP contribution >= 0.6 is 23.8 Å². The van der Waals surface area contributed by atoms with Gasteiger partial charge in [-0.15, -0.1) is 0 Å². The van der Waals surface area contributed by atoms with Gasteiger partial charge in [-0.2, -0.15) is 14.9 Å². The Morgan fingerprint density at radius 3 is 2.68 bits per heavy atom. The summed E-state index contributed by atoms with van der Waals surface area (Å²) >= 11 is 11.3. The maximum Gasteiger partial charge on any atom is 0.216 e. The molecule has 0 bridgehead atoms. The summed E-state index contributed by atoms with van der Waals surface area (Å²) in [5.74, 6) is 2.72. The van der Waals surface area contributed by atoms with Crippen LogP contribution in [0.3, 0.4) is 0 Å². The van der Waals surface area contributed by atoms with Gasteiger partial charge in [0.05, 0.1) is 6.21 Å². The van der Waals surface area contributed by atoms with E-state index in [-0.39, 0.29) is 0 Å². The molecule has 2 aromatic heterocycles. The van der Waals surface area contributed by atoms with Crippen molar-refractivity contribution in [2.24, 2.45) is 5.10 Å². The molecule has 6 nitrogen and oxygen atoms in total. The maximum atomic E-state index is 6.16. The fourth-order valence-corrected chi connectivity index (χ4v) is 2.64. The third-order valence-corrected chi connectivity index (χ3v) is 4.45. The van der Waals surface area contributed by atoms with Crippen LogP contribution in [0.15, 0.2) is 33.8 Å². The molecule has 3 aromatic rings. The second kappa shape index (κ2) is 7.25. The Labute approximate surface area is 155 Å². The number of nitrogens with zero attached hydrogens (tertiary/aromatic N) is 3.